The molecule has 0 bridgehead atoms. The molecule has 0 atom stereocenters. The van der Waals surface area contributed by atoms with E-state index in [1.807, 2.05) is 0 Å². The summed E-state index contributed by atoms with van der Waals surface area (Å²) in [4.78, 5) is 33.2. The van der Waals surface area contributed by atoms with Crippen molar-refractivity contribution in [2.75, 3.05) is 5.32 Å². The summed E-state index contributed by atoms with van der Waals surface area (Å²) in [5, 5.41) is 11.5. The molecule has 2 rings (SSSR count). The summed E-state index contributed by atoms with van der Waals surface area (Å²) in [7, 11) is 0. The van der Waals surface area contributed by atoms with Crippen LogP contribution in [0, 0.1) is 0 Å². The van der Waals surface area contributed by atoms with Gasteiger partial charge in [-0.1, -0.05) is 0 Å². The van der Waals surface area contributed by atoms with Crippen LogP contribution < -0.4 is 5.32 Å². The number of hydrogen-bond donors (Lipinski definition) is 2. The van der Waals surface area contributed by atoms with Gasteiger partial charge in [0.2, 0.25) is 5.78 Å². The Bertz CT molecular complexity index is 582. The van der Waals surface area contributed by atoms with Gasteiger partial charge in [-0.2, -0.15) is 0 Å². The van der Waals surface area contributed by atoms with E-state index in [-0.39, 0.29) is 22.8 Å². The van der Waals surface area contributed by atoms with Gasteiger partial charge >= 0.3 is 5.97 Å². The topological polar surface area (TPSA) is 83.5 Å². The first-order valence-corrected chi connectivity index (χ1v) is 5.15. The van der Waals surface area contributed by atoms with Crippen LogP contribution in [0.25, 0.3) is 0 Å². The van der Waals surface area contributed by atoms with Gasteiger partial charge in [-0.25, -0.2) is 4.79 Å². The summed E-state index contributed by atoms with van der Waals surface area (Å²) in [6.07, 6.45) is 3.59. The Labute approximate surface area is 102 Å². The predicted octanol–water partition coefficient (Wildman–Crippen LogP) is 1.39. The number of aromatic carboxylic acids is 1. The fraction of sp³-hybridized carbons (Fsp3) is 0. The molecule has 18 heavy (non-hydrogen) atoms. The van der Waals surface area contributed by atoms with Crippen molar-refractivity contribution in [2.45, 2.75) is 0 Å². The maximum atomic E-state index is 11.5. The predicted molar refractivity (Wildman–Crippen MR) is 64.3 cm³/mol. The second kappa shape index (κ2) is 4.67. The van der Waals surface area contributed by atoms with Crippen molar-refractivity contribution in [1.82, 2.24) is 0 Å². The Morgan fingerprint density at radius 1 is 1.06 bits per heavy atom. The number of allylic oxidation sites excluding steroid dienone is 3. The Morgan fingerprint density at radius 3 is 2.33 bits per heavy atom. The molecule has 0 unspecified atom stereocenters. The lowest BCUT2D eigenvalue weighted by Gasteiger charge is -2.10. The Kier molecular flexibility index (Phi) is 3.05. The van der Waals surface area contributed by atoms with E-state index in [4.69, 9.17) is 5.11 Å². The lowest BCUT2D eigenvalue weighted by molar-refractivity contribution is -0.114. The largest absolute Gasteiger partial charge is 0.478 e. The van der Waals surface area contributed by atoms with Gasteiger partial charge in [0.1, 0.15) is 0 Å². The lowest BCUT2D eigenvalue weighted by atomic mass is 10.1. The van der Waals surface area contributed by atoms with Crippen molar-refractivity contribution in [3.05, 3.63) is 53.8 Å². The second-order valence-corrected chi connectivity index (χ2v) is 3.67. The Balaban J connectivity index is 2.17. The highest BCUT2D eigenvalue weighted by Gasteiger charge is 2.13. The molecule has 5 heteroatoms. The van der Waals surface area contributed by atoms with Crippen LogP contribution in [0.1, 0.15) is 10.4 Å². The zero-order valence-electron chi connectivity index (χ0n) is 9.21. The molecule has 0 aromatic heterocycles. The number of anilines is 1. The van der Waals surface area contributed by atoms with Crippen LogP contribution in [-0.4, -0.2) is 22.6 Å². The van der Waals surface area contributed by atoms with Gasteiger partial charge in [0.25, 0.3) is 0 Å². The van der Waals surface area contributed by atoms with Crippen molar-refractivity contribution in [2.24, 2.45) is 0 Å². The number of rotatable bonds is 3. The average molecular weight is 243 g/mol. The molecule has 1 aliphatic carbocycles. The molecule has 1 aromatic rings. The highest BCUT2D eigenvalue weighted by atomic mass is 16.4. The molecule has 0 radical (unpaired) electrons. The number of ketones is 2. The molecule has 1 aromatic carbocycles. The van der Waals surface area contributed by atoms with E-state index >= 15 is 0 Å². The molecule has 1 aliphatic rings. The number of carbonyl (C=O) groups is 3. The van der Waals surface area contributed by atoms with Gasteiger partial charge in [-0.15, -0.1) is 0 Å². The fourth-order valence-electron chi connectivity index (χ4n) is 1.46. The van der Waals surface area contributed by atoms with Gasteiger partial charge in [0.05, 0.1) is 11.3 Å². The quantitative estimate of drug-likeness (QED) is 0.784. The van der Waals surface area contributed by atoms with E-state index in [1.165, 1.54) is 42.5 Å². The van der Waals surface area contributed by atoms with Gasteiger partial charge in [-0.3, -0.25) is 9.59 Å². The SMILES string of the molecule is O=C1C=CC(=O)C(Nc2ccc(C(=O)O)cc2)=C1. The highest BCUT2D eigenvalue weighted by Crippen LogP contribution is 2.14. The van der Waals surface area contributed by atoms with E-state index in [0.717, 1.165) is 0 Å². The minimum absolute atomic E-state index is 0.153. The molecule has 0 heterocycles. The van der Waals surface area contributed by atoms with Crippen LogP contribution in [-0.2, 0) is 9.59 Å². The molecule has 0 spiro atoms. The first-order valence-electron chi connectivity index (χ1n) is 5.15. The monoisotopic (exact) mass is 243 g/mol. The standard InChI is InChI=1S/C13H9NO4/c15-10-5-6-12(16)11(7-10)14-9-3-1-8(2-4-9)13(17)18/h1-7,14H,(H,17,18). The molecule has 90 valence electrons. The van der Waals surface area contributed by atoms with E-state index in [2.05, 4.69) is 5.32 Å². The van der Waals surface area contributed by atoms with Gasteiger partial charge in [-0.05, 0) is 36.4 Å². The van der Waals surface area contributed by atoms with Gasteiger partial charge < -0.3 is 10.4 Å². The molecule has 0 fully saturated rings. The van der Waals surface area contributed by atoms with Crippen molar-refractivity contribution >= 4 is 23.2 Å². The van der Waals surface area contributed by atoms with Crippen molar-refractivity contribution in [1.29, 1.82) is 0 Å². The summed E-state index contributed by atoms with van der Waals surface area (Å²) >= 11 is 0. The van der Waals surface area contributed by atoms with Crippen LogP contribution in [0.4, 0.5) is 5.69 Å². The zero-order chi connectivity index (χ0) is 13.1. The maximum Gasteiger partial charge on any atom is 0.335 e. The Morgan fingerprint density at radius 2 is 1.72 bits per heavy atom. The van der Waals surface area contributed by atoms with Gasteiger partial charge in [0, 0.05) is 11.8 Å². The maximum absolute atomic E-state index is 11.5. The van der Waals surface area contributed by atoms with Gasteiger partial charge in [0.15, 0.2) is 5.78 Å². The smallest absolute Gasteiger partial charge is 0.335 e. The third-order valence-electron chi connectivity index (χ3n) is 2.36. The molecule has 0 saturated heterocycles. The highest BCUT2D eigenvalue weighted by molar-refractivity contribution is 6.18. The number of carbonyl (C=O) groups excluding carboxylic acids is 2. The number of carboxylic acid groups (broad SMARTS) is 1. The van der Waals surface area contributed by atoms with Crippen LogP contribution >= 0.6 is 0 Å². The average Bonchev–Trinajstić information content (AvgIpc) is 2.34. The van der Waals surface area contributed by atoms with E-state index < -0.39 is 5.97 Å². The molecule has 0 aliphatic heterocycles. The molecule has 0 amide bonds. The molecule has 5 nitrogen and oxygen atoms in total. The molecular weight excluding hydrogens is 234 g/mol. The lowest BCUT2D eigenvalue weighted by Crippen LogP contribution is -2.14. The van der Waals surface area contributed by atoms with Crippen molar-refractivity contribution < 1.29 is 19.5 Å². The first-order chi connectivity index (χ1) is 8.56. The fourth-order valence-corrected chi connectivity index (χ4v) is 1.46. The summed E-state index contributed by atoms with van der Waals surface area (Å²) < 4.78 is 0. The van der Waals surface area contributed by atoms with Crippen molar-refractivity contribution in [3.8, 4) is 0 Å². The summed E-state index contributed by atoms with van der Waals surface area (Å²) in [5.74, 6) is -1.58. The van der Waals surface area contributed by atoms with E-state index in [1.54, 1.807) is 0 Å². The molecule has 0 saturated carbocycles. The number of hydrogen-bond acceptors (Lipinski definition) is 4. The molecular formula is C13H9NO4. The van der Waals surface area contributed by atoms with Crippen molar-refractivity contribution in [3.63, 3.8) is 0 Å². The zero-order valence-corrected chi connectivity index (χ0v) is 9.21. The van der Waals surface area contributed by atoms with Crippen LogP contribution in [0.5, 0.6) is 0 Å². The Hall–Kier alpha value is -2.69. The minimum Gasteiger partial charge on any atom is -0.478 e. The minimum atomic E-state index is -1.02. The number of nitrogens with one attached hydrogen (secondary N) is 1. The van der Waals surface area contributed by atoms with E-state index in [0.29, 0.717) is 5.69 Å². The summed E-state index contributed by atoms with van der Waals surface area (Å²) in [6, 6.07) is 5.88. The summed E-state index contributed by atoms with van der Waals surface area (Å²) in [5.41, 5.74) is 0.869. The first kappa shape index (κ1) is 11.8. The number of carboxylic acids is 1. The third-order valence-corrected chi connectivity index (χ3v) is 2.36. The second-order valence-electron chi connectivity index (χ2n) is 3.67. The number of benzene rings is 1. The normalized spacial score (nSPS) is 14.3. The van der Waals surface area contributed by atoms with Crippen LogP contribution in [0.15, 0.2) is 48.2 Å². The van der Waals surface area contributed by atoms with E-state index in [9.17, 15) is 14.4 Å². The van der Waals surface area contributed by atoms with Crippen LogP contribution in [0.2, 0.25) is 0 Å². The molecule has 2 N–H and O–H groups in total. The van der Waals surface area contributed by atoms with Crippen LogP contribution in [0.3, 0.4) is 0 Å². The summed E-state index contributed by atoms with van der Waals surface area (Å²) in [6.45, 7) is 0. The third kappa shape index (κ3) is 2.52.